The molecule has 1 aliphatic heterocycles. The fourth-order valence-electron chi connectivity index (χ4n) is 4.13. The van der Waals surface area contributed by atoms with E-state index < -0.39 is 0 Å². The third kappa shape index (κ3) is 3.72. The summed E-state index contributed by atoms with van der Waals surface area (Å²) >= 11 is 1.35. The predicted molar refractivity (Wildman–Crippen MR) is 134 cm³/mol. The van der Waals surface area contributed by atoms with Crippen molar-refractivity contribution < 1.29 is 4.79 Å². The van der Waals surface area contributed by atoms with Crippen LogP contribution in [0.3, 0.4) is 0 Å². The van der Waals surface area contributed by atoms with Crippen molar-refractivity contribution in [2.45, 2.75) is 17.6 Å². The second-order valence-electron chi connectivity index (χ2n) is 7.94. The Kier molecular flexibility index (Phi) is 5.27. The molecule has 0 fully saturated rings. The number of fused-ring (bicyclic) bond motifs is 3. The number of thioether (sulfide) groups is 1. The zero-order valence-corrected chi connectivity index (χ0v) is 19.0. The second-order valence-corrected chi connectivity index (χ2v) is 8.88. The molecule has 0 saturated carbocycles. The molecule has 8 heteroatoms. The van der Waals surface area contributed by atoms with E-state index in [-0.39, 0.29) is 17.7 Å². The average molecular weight is 465 g/mol. The van der Waals surface area contributed by atoms with Gasteiger partial charge in [0.1, 0.15) is 0 Å². The lowest BCUT2D eigenvalue weighted by Gasteiger charge is -2.22. The molecule has 6 rings (SSSR count). The van der Waals surface area contributed by atoms with Crippen LogP contribution in [0.5, 0.6) is 0 Å². The molecule has 0 bridgehead atoms. The fraction of sp³-hybridized carbons (Fsp3) is 0.115. The van der Waals surface area contributed by atoms with Crippen molar-refractivity contribution in [2.75, 3.05) is 5.75 Å². The van der Waals surface area contributed by atoms with Crippen LogP contribution in [0.15, 0.2) is 95.2 Å². The number of hydrogen-bond acceptors (Lipinski definition) is 6. The van der Waals surface area contributed by atoms with E-state index in [1.165, 1.54) is 11.8 Å². The number of para-hydroxylation sites is 1. The van der Waals surface area contributed by atoms with Crippen LogP contribution in [-0.4, -0.2) is 42.5 Å². The largest absolute Gasteiger partial charge is 0.272 e. The van der Waals surface area contributed by atoms with E-state index in [0.29, 0.717) is 17.4 Å². The summed E-state index contributed by atoms with van der Waals surface area (Å²) in [6.45, 7) is 0. The quantitative estimate of drug-likeness (QED) is 0.270. The third-order valence-corrected chi connectivity index (χ3v) is 6.69. The molecule has 0 N–H and O–H groups in total. The van der Waals surface area contributed by atoms with Crippen molar-refractivity contribution in [1.29, 1.82) is 0 Å². The van der Waals surface area contributed by atoms with Gasteiger partial charge < -0.3 is 0 Å². The van der Waals surface area contributed by atoms with Crippen molar-refractivity contribution in [2.24, 2.45) is 5.10 Å². The highest BCUT2D eigenvalue weighted by Gasteiger charge is 2.28. The van der Waals surface area contributed by atoms with Gasteiger partial charge in [-0.2, -0.15) is 9.62 Å². The smallest absolute Gasteiger partial charge is 0.253 e. The average Bonchev–Trinajstić information content (AvgIpc) is 3.57. The summed E-state index contributed by atoms with van der Waals surface area (Å²) in [4.78, 5) is 22.8. The summed E-state index contributed by atoms with van der Waals surface area (Å²) in [7, 11) is 0. The molecule has 2 aromatic heterocycles. The topological polar surface area (TPSA) is 75.8 Å². The lowest BCUT2D eigenvalue weighted by atomic mass is 10.0. The van der Waals surface area contributed by atoms with Gasteiger partial charge in [-0.15, -0.1) is 5.10 Å². The molecule has 7 nitrogen and oxygen atoms in total. The van der Waals surface area contributed by atoms with Gasteiger partial charge in [0, 0.05) is 23.6 Å². The summed E-state index contributed by atoms with van der Waals surface area (Å²) in [6.07, 6.45) is 2.51. The first kappa shape index (κ1) is 20.6. The number of hydrogen-bond donors (Lipinski definition) is 0. The highest BCUT2D eigenvalue weighted by atomic mass is 32.2. The van der Waals surface area contributed by atoms with Crippen LogP contribution in [0.4, 0.5) is 0 Å². The van der Waals surface area contributed by atoms with E-state index in [1.54, 1.807) is 15.7 Å². The van der Waals surface area contributed by atoms with Gasteiger partial charge in [0.25, 0.3) is 5.91 Å². The molecule has 166 valence electrons. The standard InChI is InChI=1S/C26H20N6OS/c33-23(31-22(15-16-27-31)18-9-3-1-4-10-18)17-34-26-28-21-14-8-7-13-20(21)25-29-24(30-32(25)26)19-11-5-2-6-12-19/h1-14,16,22H,15,17H2. The molecule has 1 amide bonds. The molecular weight excluding hydrogens is 444 g/mol. The Labute approximate surface area is 200 Å². The Morgan fingerprint density at radius 1 is 0.912 bits per heavy atom. The molecule has 5 aromatic rings. The maximum atomic E-state index is 13.1. The van der Waals surface area contributed by atoms with E-state index in [0.717, 1.165) is 27.7 Å². The number of benzene rings is 3. The first-order valence-corrected chi connectivity index (χ1v) is 12.0. The molecule has 1 atom stereocenters. The van der Waals surface area contributed by atoms with Gasteiger partial charge >= 0.3 is 0 Å². The molecule has 1 unspecified atom stereocenters. The van der Waals surface area contributed by atoms with Crippen LogP contribution in [0, 0.1) is 0 Å². The molecule has 0 spiro atoms. The Morgan fingerprint density at radius 2 is 1.65 bits per heavy atom. The van der Waals surface area contributed by atoms with Crippen molar-refractivity contribution in [3.05, 3.63) is 90.5 Å². The minimum absolute atomic E-state index is 0.0703. The molecule has 0 aliphatic carbocycles. The van der Waals surface area contributed by atoms with E-state index >= 15 is 0 Å². The SMILES string of the molecule is O=C(CSc1nc2ccccc2c2nc(-c3ccccc3)nn12)N1N=CCC1c1ccccc1. The number of aromatic nitrogens is 4. The predicted octanol–water partition coefficient (Wildman–Crippen LogP) is 5.00. The highest BCUT2D eigenvalue weighted by Crippen LogP contribution is 2.30. The van der Waals surface area contributed by atoms with Crippen LogP contribution in [0.25, 0.3) is 27.9 Å². The van der Waals surface area contributed by atoms with Gasteiger partial charge in [0.15, 0.2) is 16.6 Å². The molecule has 3 heterocycles. The summed E-state index contributed by atoms with van der Waals surface area (Å²) < 4.78 is 1.74. The maximum Gasteiger partial charge on any atom is 0.253 e. The highest BCUT2D eigenvalue weighted by molar-refractivity contribution is 7.99. The summed E-state index contributed by atoms with van der Waals surface area (Å²) in [5, 5.41) is 12.2. The lowest BCUT2D eigenvalue weighted by Crippen LogP contribution is -2.28. The van der Waals surface area contributed by atoms with Crippen LogP contribution >= 0.6 is 11.8 Å². The van der Waals surface area contributed by atoms with E-state index in [4.69, 9.17) is 15.1 Å². The van der Waals surface area contributed by atoms with Crippen LogP contribution in [0.1, 0.15) is 18.0 Å². The third-order valence-electron chi connectivity index (χ3n) is 5.78. The van der Waals surface area contributed by atoms with Crippen LogP contribution in [-0.2, 0) is 4.79 Å². The van der Waals surface area contributed by atoms with E-state index in [1.807, 2.05) is 84.9 Å². The van der Waals surface area contributed by atoms with E-state index in [9.17, 15) is 4.79 Å². The van der Waals surface area contributed by atoms with Gasteiger partial charge in [0.2, 0.25) is 0 Å². The van der Waals surface area contributed by atoms with Gasteiger partial charge in [-0.1, -0.05) is 84.6 Å². The zero-order valence-electron chi connectivity index (χ0n) is 18.2. The molecular formula is C26H20N6OS. The Morgan fingerprint density at radius 3 is 2.47 bits per heavy atom. The maximum absolute atomic E-state index is 13.1. The molecule has 3 aromatic carbocycles. The number of hydrazone groups is 1. The zero-order chi connectivity index (χ0) is 22.9. The monoisotopic (exact) mass is 464 g/mol. The van der Waals surface area contributed by atoms with Crippen molar-refractivity contribution in [1.82, 2.24) is 24.6 Å². The first-order valence-electron chi connectivity index (χ1n) is 11.0. The minimum atomic E-state index is -0.0741. The Hall–Kier alpha value is -4.04. The fourth-order valence-corrected chi connectivity index (χ4v) is 4.93. The van der Waals surface area contributed by atoms with Gasteiger partial charge in [-0.05, 0) is 17.7 Å². The molecule has 1 aliphatic rings. The number of rotatable bonds is 5. The van der Waals surface area contributed by atoms with Gasteiger partial charge in [-0.25, -0.2) is 15.0 Å². The summed E-state index contributed by atoms with van der Waals surface area (Å²) in [5.74, 6) is 0.751. The normalized spacial score (nSPS) is 15.4. The first-order chi connectivity index (χ1) is 16.8. The summed E-state index contributed by atoms with van der Waals surface area (Å²) in [5.41, 5.74) is 3.55. The van der Waals surface area contributed by atoms with Crippen molar-refractivity contribution in [3.63, 3.8) is 0 Å². The summed E-state index contributed by atoms with van der Waals surface area (Å²) in [6, 6.07) is 27.6. The number of nitrogens with zero attached hydrogens (tertiary/aromatic N) is 6. The Bertz CT molecular complexity index is 1520. The van der Waals surface area contributed by atoms with Gasteiger partial charge in [0.05, 0.1) is 17.3 Å². The van der Waals surface area contributed by atoms with Crippen LogP contribution < -0.4 is 0 Å². The Balaban J connectivity index is 1.32. The van der Waals surface area contributed by atoms with Crippen molar-refractivity contribution >= 4 is 40.4 Å². The second kappa shape index (κ2) is 8.72. The molecule has 0 saturated heterocycles. The molecule has 34 heavy (non-hydrogen) atoms. The van der Waals surface area contributed by atoms with Crippen molar-refractivity contribution in [3.8, 4) is 11.4 Å². The number of carbonyl (C=O) groups is 1. The molecule has 0 radical (unpaired) electrons. The van der Waals surface area contributed by atoms with E-state index in [2.05, 4.69) is 5.10 Å². The minimum Gasteiger partial charge on any atom is -0.272 e. The van der Waals surface area contributed by atoms with Crippen LogP contribution in [0.2, 0.25) is 0 Å². The lowest BCUT2D eigenvalue weighted by molar-refractivity contribution is -0.130. The van der Waals surface area contributed by atoms with Gasteiger partial charge in [-0.3, -0.25) is 4.79 Å². The number of carbonyl (C=O) groups excluding carboxylic acids is 1. The number of amides is 1.